The van der Waals surface area contributed by atoms with E-state index in [1.165, 1.54) is 0 Å². The minimum atomic E-state index is -0.471. The lowest BCUT2D eigenvalue weighted by molar-refractivity contribution is -0.189. The predicted molar refractivity (Wildman–Crippen MR) is 104 cm³/mol. The molecule has 2 fully saturated rings. The van der Waals surface area contributed by atoms with Crippen molar-refractivity contribution < 1.29 is 19.0 Å². The Hall–Kier alpha value is -1.79. The molecule has 0 atom stereocenters. The van der Waals surface area contributed by atoms with Gasteiger partial charge in [-0.2, -0.15) is 0 Å². The largest absolute Gasteiger partial charge is 0.492 e. The number of likely N-dealkylation sites (tertiary alicyclic amines) is 1. The van der Waals surface area contributed by atoms with E-state index in [0.29, 0.717) is 18.6 Å². The summed E-state index contributed by atoms with van der Waals surface area (Å²) in [7, 11) is 1.77. The molecule has 1 aromatic carbocycles. The highest BCUT2D eigenvalue weighted by atomic mass is 16.6. The van der Waals surface area contributed by atoms with Crippen LogP contribution in [-0.2, 0) is 15.9 Å². The average Bonchev–Trinajstić information content (AvgIpc) is 2.51. The molecule has 0 aromatic heterocycles. The first-order chi connectivity index (χ1) is 12.7. The Kier molecular flexibility index (Phi) is 5.96. The quantitative estimate of drug-likeness (QED) is 0.732. The lowest BCUT2D eigenvalue weighted by Crippen LogP contribution is -2.66. The maximum atomic E-state index is 12.0. The van der Waals surface area contributed by atoms with Crippen molar-refractivity contribution in [3.63, 3.8) is 0 Å². The zero-order valence-electron chi connectivity index (χ0n) is 17.0. The van der Waals surface area contributed by atoms with E-state index < -0.39 is 5.60 Å². The molecular formula is C21H32N2O4. The number of benzene rings is 1. The molecule has 2 saturated heterocycles. The van der Waals surface area contributed by atoms with E-state index in [1.54, 1.807) is 11.9 Å². The van der Waals surface area contributed by atoms with Crippen molar-refractivity contribution in [2.75, 3.05) is 53.0 Å². The standard InChI is InChI=1S/C21H32N2O4/c1-20(2,3)27-19(24)22(4)9-8-17-6-5-7-18(12-17)26-11-10-23-13-21(14-23)15-25-16-21/h5-7,12H,8-11,13-16H2,1-4H3. The second kappa shape index (κ2) is 8.07. The number of nitrogens with zero attached hydrogens (tertiary/aromatic N) is 2. The molecule has 2 aliphatic heterocycles. The fourth-order valence-corrected chi connectivity index (χ4v) is 3.45. The Morgan fingerprint density at radius 2 is 2.04 bits per heavy atom. The summed E-state index contributed by atoms with van der Waals surface area (Å²) in [5, 5.41) is 0. The van der Waals surface area contributed by atoms with Gasteiger partial charge in [0, 0.05) is 38.6 Å². The number of carbonyl (C=O) groups is 1. The first kappa shape index (κ1) is 20.0. The van der Waals surface area contributed by atoms with Crippen LogP contribution in [0.4, 0.5) is 4.79 Å². The molecule has 1 amide bonds. The number of hydrogen-bond acceptors (Lipinski definition) is 5. The van der Waals surface area contributed by atoms with Gasteiger partial charge in [0.05, 0.1) is 13.2 Å². The maximum Gasteiger partial charge on any atom is 0.410 e. The summed E-state index contributed by atoms with van der Waals surface area (Å²) in [5.74, 6) is 0.884. The third-order valence-corrected chi connectivity index (χ3v) is 4.95. The van der Waals surface area contributed by atoms with Gasteiger partial charge in [-0.25, -0.2) is 4.79 Å². The fraction of sp³-hybridized carbons (Fsp3) is 0.667. The van der Waals surface area contributed by atoms with Crippen LogP contribution >= 0.6 is 0 Å². The topological polar surface area (TPSA) is 51.2 Å². The summed E-state index contributed by atoms with van der Waals surface area (Å²) in [6, 6.07) is 8.10. The predicted octanol–water partition coefficient (Wildman–Crippen LogP) is 2.81. The van der Waals surface area contributed by atoms with Gasteiger partial charge in [-0.05, 0) is 44.9 Å². The van der Waals surface area contributed by atoms with Crippen molar-refractivity contribution in [1.82, 2.24) is 9.80 Å². The molecule has 6 nitrogen and oxygen atoms in total. The number of hydrogen-bond donors (Lipinski definition) is 0. The SMILES string of the molecule is CN(CCc1cccc(OCCN2CC3(COC3)C2)c1)C(=O)OC(C)(C)C. The van der Waals surface area contributed by atoms with E-state index in [1.807, 2.05) is 32.9 Å². The Morgan fingerprint density at radius 1 is 1.30 bits per heavy atom. The Bertz CT molecular complexity index is 644. The van der Waals surface area contributed by atoms with Gasteiger partial charge in [0.1, 0.15) is 18.0 Å². The van der Waals surface area contributed by atoms with Crippen LogP contribution in [0.5, 0.6) is 5.75 Å². The van der Waals surface area contributed by atoms with E-state index in [-0.39, 0.29) is 6.09 Å². The maximum absolute atomic E-state index is 12.0. The van der Waals surface area contributed by atoms with Crippen molar-refractivity contribution >= 4 is 6.09 Å². The third kappa shape index (κ3) is 5.59. The molecular weight excluding hydrogens is 344 g/mol. The van der Waals surface area contributed by atoms with Crippen LogP contribution in [0.2, 0.25) is 0 Å². The Balaban J connectivity index is 1.37. The number of carbonyl (C=O) groups excluding carboxylic acids is 1. The van der Waals surface area contributed by atoms with E-state index in [2.05, 4.69) is 17.0 Å². The molecule has 2 heterocycles. The molecule has 3 rings (SSSR count). The van der Waals surface area contributed by atoms with Crippen LogP contribution < -0.4 is 4.74 Å². The fourth-order valence-electron chi connectivity index (χ4n) is 3.45. The van der Waals surface area contributed by atoms with Gasteiger partial charge in [-0.15, -0.1) is 0 Å². The summed E-state index contributed by atoms with van der Waals surface area (Å²) in [4.78, 5) is 16.1. The van der Waals surface area contributed by atoms with Crippen molar-refractivity contribution in [1.29, 1.82) is 0 Å². The van der Waals surface area contributed by atoms with E-state index in [9.17, 15) is 4.79 Å². The van der Waals surface area contributed by atoms with Gasteiger partial charge in [0.2, 0.25) is 0 Å². The molecule has 0 bridgehead atoms. The summed E-state index contributed by atoms with van der Waals surface area (Å²) < 4.78 is 16.6. The van der Waals surface area contributed by atoms with Gasteiger partial charge in [-0.1, -0.05) is 12.1 Å². The summed E-state index contributed by atoms with van der Waals surface area (Å²) >= 11 is 0. The second-order valence-electron chi connectivity index (χ2n) is 8.85. The van der Waals surface area contributed by atoms with Crippen LogP contribution in [0.3, 0.4) is 0 Å². The second-order valence-corrected chi connectivity index (χ2v) is 8.85. The van der Waals surface area contributed by atoms with Gasteiger partial charge in [0.15, 0.2) is 0 Å². The smallest absolute Gasteiger partial charge is 0.410 e. The zero-order valence-corrected chi connectivity index (χ0v) is 17.0. The minimum absolute atomic E-state index is 0.293. The molecule has 1 spiro atoms. The van der Waals surface area contributed by atoms with E-state index in [4.69, 9.17) is 14.2 Å². The Morgan fingerprint density at radius 3 is 2.67 bits per heavy atom. The number of amides is 1. The van der Waals surface area contributed by atoms with Gasteiger partial charge in [-0.3, -0.25) is 4.90 Å². The molecule has 2 aliphatic rings. The lowest BCUT2D eigenvalue weighted by atomic mass is 9.78. The number of rotatable bonds is 7. The summed E-state index contributed by atoms with van der Waals surface area (Å²) in [5.41, 5.74) is 1.14. The Labute approximate surface area is 162 Å². The van der Waals surface area contributed by atoms with E-state index in [0.717, 1.165) is 50.6 Å². The van der Waals surface area contributed by atoms with Crippen LogP contribution in [0.1, 0.15) is 26.3 Å². The van der Waals surface area contributed by atoms with Crippen molar-refractivity contribution in [2.45, 2.75) is 32.8 Å². The first-order valence-corrected chi connectivity index (χ1v) is 9.71. The van der Waals surface area contributed by atoms with Crippen molar-refractivity contribution in [3.8, 4) is 5.75 Å². The normalized spacial score (nSPS) is 18.5. The third-order valence-electron chi connectivity index (χ3n) is 4.95. The van der Waals surface area contributed by atoms with Crippen LogP contribution in [-0.4, -0.2) is 74.5 Å². The zero-order chi connectivity index (χ0) is 19.5. The molecule has 1 aromatic rings. The van der Waals surface area contributed by atoms with Crippen LogP contribution in [0.15, 0.2) is 24.3 Å². The summed E-state index contributed by atoms with van der Waals surface area (Å²) in [6.45, 7) is 12.0. The number of ether oxygens (including phenoxy) is 3. The first-order valence-electron chi connectivity index (χ1n) is 9.71. The molecule has 27 heavy (non-hydrogen) atoms. The molecule has 150 valence electrons. The van der Waals surface area contributed by atoms with Crippen LogP contribution in [0.25, 0.3) is 0 Å². The minimum Gasteiger partial charge on any atom is -0.492 e. The van der Waals surface area contributed by atoms with Crippen molar-refractivity contribution in [3.05, 3.63) is 29.8 Å². The van der Waals surface area contributed by atoms with E-state index >= 15 is 0 Å². The van der Waals surface area contributed by atoms with Crippen LogP contribution in [0, 0.1) is 5.41 Å². The average molecular weight is 376 g/mol. The number of likely N-dealkylation sites (N-methyl/N-ethyl adjacent to an activating group) is 1. The molecule has 0 N–H and O–H groups in total. The molecule has 6 heteroatoms. The molecule has 0 unspecified atom stereocenters. The van der Waals surface area contributed by atoms with Crippen molar-refractivity contribution in [2.24, 2.45) is 5.41 Å². The monoisotopic (exact) mass is 376 g/mol. The van der Waals surface area contributed by atoms with Gasteiger partial charge >= 0.3 is 6.09 Å². The summed E-state index contributed by atoms with van der Waals surface area (Å²) in [6.07, 6.45) is 0.473. The van der Waals surface area contributed by atoms with Gasteiger partial charge < -0.3 is 19.1 Å². The molecule has 0 radical (unpaired) electrons. The highest BCUT2D eigenvalue weighted by Gasteiger charge is 2.48. The molecule has 0 saturated carbocycles. The lowest BCUT2D eigenvalue weighted by Gasteiger charge is -2.55. The highest BCUT2D eigenvalue weighted by molar-refractivity contribution is 5.67. The highest BCUT2D eigenvalue weighted by Crippen LogP contribution is 2.37. The van der Waals surface area contributed by atoms with Gasteiger partial charge in [0.25, 0.3) is 0 Å². The molecule has 0 aliphatic carbocycles.